The van der Waals surface area contributed by atoms with Gasteiger partial charge >= 0.3 is 0 Å². The first-order valence-corrected chi connectivity index (χ1v) is 2.76. The van der Waals surface area contributed by atoms with Crippen molar-refractivity contribution in [3.63, 3.8) is 0 Å². The van der Waals surface area contributed by atoms with Crippen LogP contribution >= 0.6 is 0 Å². The molecule has 1 saturated carbocycles. The molecule has 1 aliphatic carbocycles. The van der Waals surface area contributed by atoms with E-state index in [1.165, 1.54) is 0 Å². The number of carbonyl (C=O) groups is 2. The molecule has 2 heteroatoms. The van der Waals surface area contributed by atoms with E-state index in [0.29, 0.717) is 18.8 Å². The van der Waals surface area contributed by atoms with E-state index in [4.69, 9.17) is 0 Å². The van der Waals surface area contributed by atoms with E-state index in [9.17, 15) is 9.59 Å². The number of rotatable bonds is 0. The van der Waals surface area contributed by atoms with Crippen LogP contribution in [0.25, 0.3) is 0 Å². The second-order valence-corrected chi connectivity index (χ2v) is 2.36. The van der Waals surface area contributed by atoms with Crippen molar-refractivity contribution in [2.75, 3.05) is 0 Å². The first-order valence-electron chi connectivity index (χ1n) is 2.76. The van der Waals surface area contributed by atoms with Crippen molar-refractivity contribution in [2.45, 2.75) is 19.8 Å². The van der Waals surface area contributed by atoms with Gasteiger partial charge in [-0.3, -0.25) is 9.59 Å². The van der Waals surface area contributed by atoms with Crippen LogP contribution in [0.15, 0.2) is 0 Å². The van der Waals surface area contributed by atoms with Crippen LogP contribution < -0.4 is 0 Å². The van der Waals surface area contributed by atoms with Crippen molar-refractivity contribution in [2.24, 2.45) is 5.92 Å². The zero-order chi connectivity index (χ0) is 6.15. The van der Waals surface area contributed by atoms with E-state index in [0.717, 1.165) is 0 Å². The van der Waals surface area contributed by atoms with Gasteiger partial charge in [0, 0.05) is 12.8 Å². The monoisotopic (exact) mass is 112 g/mol. The Labute approximate surface area is 47.9 Å². The molecular formula is C6H8O2. The molecule has 2 nitrogen and oxygen atoms in total. The largest absolute Gasteiger partial charge is 0.291 e. The zero-order valence-corrected chi connectivity index (χ0v) is 4.81. The lowest BCUT2D eigenvalue weighted by Crippen LogP contribution is -2.01. The highest BCUT2D eigenvalue weighted by molar-refractivity contribution is 6.39. The van der Waals surface area contributed by atoms with E-state index in [1.807, 2.05) is 6.92 Å². The summed E-state index contributed by atoms with van der Waals surface area (Å²) in [5, 5.41) is 0. The smallest absolute Gasteiger partial charge is 0.198 e. The molecule has 0 spiro atoms. The van der Waals surface area contributed by atoms with Crippen molar-refractivity contribution < 1.29 is 9.59 Å². The van der Waals surface area contributed by atoms with Gasteiger partial charge in [-0.1, -0.05) is 6.92 Å². The number of Topliss-reactive ketones (excluding diaryl/α,β-unsaturated/α-hetero) is 2. The van der Waals surface area contributed by atoms with E-state index in [-0.39, 0.29) is 11.6 Å². The van der Waals surface area contributed by atoms with Gasteiger partial charge in [0.05, 0.1) is 0 Å². The van der Waals surface area contributed by atoms with Crippen LogP contribution in [0.5, 0.6) is 0 Å². The Hall–Kier alpha value is -0.660. The molecule has 0 aromatic heterocycles. The third kappa shape index (κ3) is 0.782. The van der Waals surface area contributed by atoms with E-state index >= 15 is 0 Å². The van der Waals surface area contributed by atoms with E-state index < -0.39 is 0 Å². The van der Waals surface area contributed by atoms with Gasteiger partial charge in [-0.25, -0.2) is 0 Å². The summed E-state index contributed by atoms with van der Waals surface area (Å²) in [6.07, 6.45) is 0.942. The fourth-order valence-corrected chi connectivity index (χ4v) is 0.933. The van der Waals surface area contributed by atoms with E-state index in [2.05, 4.69) is 0 Å². The predicted octanol–water partition coefficient (Wildman–Crippen LogP) is 0.554. The van der Waals surface area contributed by atoms with Crippen molar-refractivity contribution in [3.8, 4) is 0 Å². The molecule has 0 heterocycles. The topological polar surface area (TPSA) is 34.1 Å². The minimum Gasteiger partial charge on any atom is -0.291 e. The van der Waals surface area contributed by atoms with E-state index in [1.54, 1.807) is 0 Å². The summed E-state index contributed by atoms with van der Waals surface area (Å²) in [6, 6.07) is 0. The molecule has 0 aliphatic heterocycles. The summed E-state index contributed by atoms with van der Waals surface area (Å²) >= 11 is 0. The average Bonchev–Trinajstić information content (AvgIpc) is 1.85. The molecule has 1 rings (SSSR count). The van der Waals surface area contributed by atoms with Crippen LogP contribution in [0, 0.1) is 5.92 Å². The predicted molar refractivity (Wildman–Crippen MR) is 28.4 cm³/mol. The average molecular weight is 112 g/mol. The molecule has 8 heavy (non-hydrogen) atoms. The molecule has 0 unspecified atom stereocenters. The Morgan fingerprint density at radius 2 is 1.62 bits per heavy atom. The van der Waals surface area contributed by atoms with Crippen molar-refractivity contribution in [1.82, 2.24) is 0 Å². The van der Waals surface area contributed by atoms with Gasteiger partial charge in [0.15, 0.2) is 11.6 Å². The Balaban J connectivity index is 2.64. The third-order valence-corrected chi connectivity index (χ3v) is 1.38. The molecule has 0 aromatic rings. The molecule has 0 saturated heterocycles. The van der Waals surface area contributed by atoms with Gasteiger partial charge in [-0.05, 0) is 5.92 Å². The summed E-state index contributed by atoms with van der Waals surface area (Å²) in [6.45, 7) is 1.92. The summed E-state index contributed by atoms with van der Waals surface area (Å²) in [5.74, 6) is -0.0648. The maximum atomic E-state index is 10.4. The van der Waals surface area contributed by atoms with Gasteiger partial charge in [0.25, 0.3) is 0 Å². The number of ketones is 2. The molecule has 1 aliphatic rings. The third-order valence-electron chi connectivity index (χ3n) is 1.38. The highest BCUT2D eigenvalue weighted by Crippen LogP contribution is 2.17. The second-order valence-electron chi connectivity index (χ2n) is 2.36. The fraction of sp³-hybridized carbons (Fsp3) is 0.667. The van der Waals surface area contributed by atoms with Crippen LogP contribution in [-0.4, -0.2) is 11.6 Å². The number of hydrogen-bond acceptors (Lipinski definition) is 2. The maximum Gasteiger partial charge on any atom is 0.198 e. The maximum absolute atomic E-state index is 10.4. The van der Waals surface area contributed by atoms with Crippen molar-refractivity contribution in [3.05, 3.63) is 0 Å². The van der Waals surface area contributed by atoms with Crippen molar-refractivity contribution >= 4 is 11.6 Å². The molecule has 0 aromatic carbocycles. The molecule has 1 fully saturated rings. The minimum atomic E-state index is -0.183. The number of hydrogen-bond donors (Lipinski definition) is 0. The lowest BCUT2D eigenvalue weighted by atomic mass is 10.1. The van der Waals surface area contributed by atoms with Crippen LogP contribution in [0.1, 0.15) is 19.8 Å². The molecule has 0 amide bonds. The Kier molecular flexibility index (Phi) is 1.16. The highest BCUT2D eigenvalue weighted by Gasteiger charge is 2.26. The second kappa shape index (κ2) is 1.69. The molecule has 0 radical (unpaired) electrons. The normalized spacial score (nSPS) is 22.6. The molecular weight excluding hydrogens is 104 g/mol. The lowest BCUT2D eigenvalue weighted by Gasteiger charge is -1.88. The van der Waals surface area contributed by atoms with Crippen LogP contribution in [0.4, 0.5) is 0 Å². The molecule has 0 bridgehead atoms. The first-order chi connectivity index (χ1) is 3.70. The highest BCUT2D eigenvalue weighted by atomic mass is 16.2. The summed E-state index contributed by atoms with van der Waals surface area (Å²) in [4.78, 5) is 20.9. The van der Waals surface area contributed by atoms with Gasteiger partial charge in [-0.2, -0.15) is 0 Å². The molecule has 44 valence electrons. The molecule has 0 N–H and O–H groups in total. The lowest BCUT2D eigenvalue weighted by molar-refractivity contribution is -0.134. The van der Waals surface area contributed by atoms with Crippen LogP contribution in [-0.2, 0) is 9.59 Å². The first kappa shape index (κ1) is 5.48. The summed E-state index contributed by atoms with van der Waals surface area (Å²) in [7, 11) is 0. The van der Waals surface area contributed by atoms with Crippen molar-refractivity contribution in [1.29, 1.82) is 0 Å². The van der Waals surface area contributed by atoms with Crippen LogP contribution in [0.2, 0.25) is 0 Å². The standard InChI is InChI=1S/C6H8O2/c1-4-2-5(7)6(8)3-4/h4H,2-3H2,1H3. The zero-order valence-electron chi connectivity index (χ0n) is 4.81. The number of carbonyl (C=O) groups excluding carboxylic acids is 2. The summed E-state index contributed by atoms with van der Waals surface area (Å²) < 4.78 is 0. The SMILES string of the molecule is CC1CC(=O)C(=O)C1. The Bertz CT molecular complexity index is 121. The minimum absolute atomic E-state index is 0.183. The Morgan fingerprint density at radius 3 is 1.75 bits per heavy atom. The fourth-order valence-electron chi connectivity index (χ4n) is 0.933. The van der Waals surface area contributed by atoms with Crippen LogP contribution in [0.3, 0.4) is 0 Å². The molecule has 0 atom stereocenters. The quantitative estimate of drug-likeness (QED) is 0.429. The summed E-state index contributed by atoms with van der Waals surface area (Å²) in [5.41, 5.74) is 0. The van der Waals surface area contributed by atoms with Gasteiger partial charge < -0.3 is 0 Å². The Morgan fingerprint density at radius 1 is 1.25 bits per heavy atom. The van der Waals surface area contributed by atoms with Gasteiger partial charge in [-0.15, -0.1) is 0 Å². The van der Waals surface area contributed by atoms with Gasteiger partial charge in [0.2, 0.25) is 0 Å². The van der Waals surface area contributed by atoms with Gasteiger partial charge in [0.1, 0.15) is 0 Å².